The number of hydrogen-bond acceptors (Lipinski definition) is 3. The monoisotopic (exact) mass is 331 g/mol. The Labute approximate surface area is 127 Å². The largest absolute Gasteiger partial charge is 0.281 e. The highest BCUT2D eigenvalue weighted by Gasteiger charge is 2.31. The molecule has 0 unspecified atom stereocenters. The van der Waals surface area contributed by atoms with Crippen LogP contribution in [0.4, 0.5) is 10.1 Å². The molecule has 1 aromatic carbocycles. The van der Waals surface area contributed by atoms with Gasteiger partial charge < -0.3 is 0 Å². The van der Waals surface area contributed by atoms with Gasteiger partial charge in [-0.1, -0.05) is 12.1 Å². The molecule has 0 atom stereocenters. The minimum atomic E-state index is -3.94. The average molecular weight is 332 g/mol. The standard InChI is InChI=1S/C13H15ClFN3O2S/c1-3-18(12-7-5-4-6-10(12)15)21(19,20)13-9(2)16-17-11(13)8-14/h4-7H,3,8H2,1-2H3,(H,16,17). The number of aromatic amines is 1. The topological polar surface area (TPSA) is 66.1 Å². The summed E-state index contributed by atoms with van der Waals surface area (Å²) in [6.07, 6.45) is 0. The van der Waals surface area contributed by atoms with E-state index in [4.69, 9.17) is 11.6 Å². The molecule has 1 N–H and O–H groups in total. The molecular formula is C13H15ClFN3O2S. The molecule has 1 aromatic heterocycles. The van der Waals surface area contributed by atoms with Crippen molar-refractivity contribution in [1.29, 1.82) is 0 Å². The second-order valence-corrected chi connectivity index (χ2v) is 6.45. The van der Waals surface area contributed by atoms with Gasteiger partial charge in [-0.05, 0) is 26.0 Å². The Hall–Kier alpha value is -1.60. The van der Waals surface area contributed by atoms with E-state index in [-0.39, 0.29) is 28.7 Å². The maximum atomic E-state index is 13.9. The van der Waals surface area contributed by atoms with Crippen LogP contribution in [0, 0.1) is 12.7 Å². The van der Waals surface area contributed by atoms with Gasteiger partial charge in [-0.15, -0.1) is 11.6 Å². The van der Waals surface area contributed by atoms with Crippen LogP contribution < -0.4 is 4.31 Å². The lowest BCUT2D eigenvalue weighted by atomic mass is 10.3. The Bertz CT molecular complexity index is 746. The lowest BCUT2D eigenvalue weighted by Crippen LogP contribution is -2.32. The smallest absolute Gasteiger partial charge is 0.268 e. The molecule has 8 heteroatoms. The molecule has 0 radical (unpaired) electrons. The van der Waals surface area contributed by atoms with Crippen LogP contribution in [0.1, 0.15) is 18.3 Å². The predicted molar refractivity (Wildman–Crippen MR) is 79.5 cm³/mol. The third kappa shape index (κ3) is 2.75. The van der Waals surface area contributed by atoms with E-state index >= 15 is 0 Å². The van der Waals surface area contributed by atoms with Crippen molar-refractivity contribution in [2.24, 2.45) is 0 Å². The van der Waals surface area contributed by atoms with E-state index in [0.29, 0.717) is 5.69 Å². The van der Waals surface area contributed by atoms with Crippen LogP contribution >= 0.6 is 11.6 Å². The second kappa shape index (κ2) is 6.03. The Morgan fingerprint density at radius 3 is 2.62 bits per heavy atom. The van der Waals surface area contributed by atoms with E-state index < -0.39 is 15.8 Å². The number of benzene rings is 1. The van der Waals surface area contributed by atoms with Crippen molar-refractivity contribution < 1.29 is 12.8 Å². The molecule has 0 bridgehead atoms. The van der Waals surface area contributed by atoms with Crippen molar-refractivity contribution in [3.05, 3.63) is 41.5 Å². The first-order chi connectivity index (χ1) is 9.93. The summed E-state index contributed by atoms with van der Waals surface area (Å²) in [7, 11) is -3.94. The summed E-state index contributed by atoms with van der Waals surface area (Å²) in [5.41, 5.74) is 0.602. The number of sulfonamides is 1. The predicted octanol–water partition coefficient (Wildman–Crippen LogP) is 2.81. The summed E-state index contributed by atoms with van der Waals surface area (Å²) in [4.78, 5) is 0.00241. The number of para-hydroxylation sites is 1. The first kappa shape index (κ1) is 15.8. The SMILES string of the molecule is CCN(c1ccccc1F)S(=O)(=O)c1c(CCl)n[nH]c1C. The minimum absolute atomic E-state index is 0.00104. The van der Waals surface area contributed by atoms with Crippen LogP contribution in [0.15, 0.2) is 29.2 Å². The zero-order chi connectivity index (χ0) is 15.6. The highest BCUT2D eigenvalue weighted by atomic mass is 35.5. The summed E-state index contributed by atoms with van der Waals surface area (Å²) in [6, 6.07) is 5.73. The Kier molecular flexibility index (Phi) is 4.53. The van der Waals surface area contributed by atoms with Gasteiger partial charge in [0.1, 0.15) is 10.7 Å². The number of halogens is 2. The second-order valence-electron chi connectivity index (χ2n) is 4.38. The number of nitrogens with one attached hydrogen (secondary N) is 1. The van der Waals surface area contributed by atoms with Crippen LogP contribution in [0.25, 0.3) is 0 Å². The number of hydrogen-bond donors (Lipinski definition) is 1. The summed E-state index contributed by atoms with van der Waals surface area (Å²) >= 11 is 5.74. The average Bonchev–Trinajstić information content (AvgIpc) is 2.83. The highest BCUT2D eigenvalue weighted by molar-refractivity contribution is 7.93. The molecule has 114 valence electrons. The third-order valence-electron chi connectivity index (χ3n) is 3.04. The molecule has 21 heavy (non-hydrogen) atoms. The van der Waals surface area contributed by atoms with E-state index in [1.54, 1.807) is 19.9 Å². The van der Waals surface area contributed by atoms with E-state index in [1.807, 2.05) is 0 Å². The molecular weight excluding hydrogens is 317 g/mol. The van der Waals surface area contributed by atoms with Gasteiger partial charge in [0.2, 0.25) is 0 Å². The molecule has 0 amide bonds. The number of rotatable bonds is 5. The van der Waals surface area contributed by atoms with Crippen molar-refractivity contribution in [2.75, 3.05) is 10.8 Å². The molecule has 2 aromatic rings. The van der Waals surface area contributed by atoms with Gasteiger partial charge in [0, 0.05) is 6.54 Å². The van der Waals surface area contributed by atoms with Gasteiger partial charge in [0.05, 0.1) is 23.0 Å². The van der Waals surface area contributed by atoms with Crippen molar-refractivity contribution >= 4 is 27.3 Å². The van der Waals surface area contributed by atoms with E-state index in [9.17, 15) is 12.8 Å². The first-order valence-corrected chi connectivity index (χ1v) is 8.28. The number of nitrogens with zero attached hydrogens (tertiary/aromatic N) is 2. The van der Waals surface area contributed by atoms with Crippen molar-refractivity contribution in [2.45, 2.75) is 24.6 Å². The number of alkyl halides is 1. The first-order valence-electron chi connectivity index (χ1n) is 6.30. The van der Waals surface area contributed by atoms with Crippen molar-refractivity contribution in [1.82, 2.24) is 10.2 Å². The van der Waals surface area contributed by atoms with Crippen LogP contribution in [0.3, 0.4) is 0 Å². The number of anilines is 1. The summed E-state index contributed by atoms with van der Waals surface area (Å²) in [5, 5.41) is 6.48. The van der Waals surface area contributed by atoms with E-state index in [2.05, 4.69) is 10.2 Å². The quantitative estimate of drug-likeness (QED) is 0.857. The van der Waals surface area contributed by atoms with Gasteiger partial charge in [0.25, 0.3) is 10.0 Å². The molecule has 0 fully saturated rings. The van der Waals surface area contributed by atoms with Crippen LogP contribution in [-0.4, -0.2) is 25.2 Å². The lowest BCUT2D eigenvalue weighted by Gasteiger charge is -2.23. The molecule has 0 spiro atoms. The Morgan fingerprint density at radius 2 is 2.05 bits per heavy atom. The Morgan fingerprint density at radius 1 is 1.38 bits per heavy atom. The summed E-state index contributed by atoms with van der Waals surface area (Å²) in [6.45, 7) is 3.32. The van der Waals surface area contributed by atoms with Gasteiger partial charge in [-0.25, -0.2) is 12.8 Å². The molecule has 0 aliphatic carbocycles. The zero-order valence-electron chi connectivity index (χ0n) is 11.6. The number of H-pyrrole nitrogens is 1. The number of aryl methyl sites for hydroxylation is 1. The van der Waals surface area contributed by atoms with Gasteiger partial charge in [0.15, 0.2) is 0 Å². The molecule has 0 saturated heterocycles. The van der Waals surface area contributed by atoms with Crippen molar-refractivity contribution in [3.8, 4) is 0 Å². The third-order valence-corrected chi connectivity index (χ3v) is 5.39. The van der Waals surface area contributed by atoms with Gasteiger partial charge in [-0.3, -0.25) is 9.40 Å². The number of aromatic nitrogens is 2. The summed E-state index contributed by atoms with van der Waals surface area (Å²) < 4.78 is 40.6. The molecule has 0 aliphatic heterocycles. The van der Waals surface area contributed by atoms with Gasteiger partial charge >= 0.3 is 0 Å². The summed E-state index contributed by atoms with van der Waals surface area (Å²) in [5.74, 6) is -0.648. The fourth-order valence-corrected chi connectivity index (χ4v) is 4.22. The molecule has 5 nitrogen and oxygen atoms in total. The van der Waals surface area contributed by atoms with E-state index in [1.165, 1.54) is 18.2 Å². The minimum Gasteiger partial charge on any atom is -0.281 e. The van der Waals surface area contributed by atoms with E-state index in [0.717, 1.165) is 4.31 Å². The molecule has 0 aliphatic rings. The van der Waals surface area contributed by atoms with Crippen LogP contribution in [0.5, 0.6) is 0 Å². The maximum Gasteiger partial charge on any atom is 0.268 e. The van der Waals surface area contributed by atoms with Gasteiger partial charge in [-0.2, -0.15) is 5.10 Å². The normalized spacial score (nSPS) is 11.6. The Balaban J connectivity index is 2.61. The molecule has 0 saturated carbocycles. The molecule has 2 rings (SSSR count). The highest BCUT2D eigenvalue weighted by Crippen LogP contribution is 2.29. The van der Waals surface area contributed by atoms with Crippen molar-refractivity contribution in [3.63, 3.8) is 0 Å². The fraction of sp³-hybridized carbons (Fsp3) is 0.308. The molecule has 1 heterocycles. The van der Waals surface area contributed by atoms with Crippen LogP contribution in [-0.2, 0) is 15.9 Å². The maximum absolute atomic E-state index is 13.9. The van der Waals surface area contributed by atoms with Crippen LogP contribution in [0.2, 0.25) is 0 Å². The lowest BCUT2D eigenvalue weighted by molar-refractivity contribution is 0.585. The fourth-order valence-electron chi connectivity index (χ4n) is 2.14. The zero-order valence-corrected chi connectivity index (χ0v) is 13.2.